The maximum absolute atomic E-state index is 10.7. The lowest BCUT2D eigenvalue weighted by Crippen LogP contribution is -2.54. The van der Waals surface area contributed by atoms with E-state index in [-0.39, 0.29) is 5.92 Å². The van der Waals surface area contributed by atoms with Gasteiger partial charge in [0.25, 0.3) is 0 Å². The number of carboxylic acid groups (broad SMARTS) is 1. The van der Waals surface area contributed by atoms with Gasteiger partial charge in [0, 0.05) is 19.1 Å². The summed E-state index contributed by atoms with van der Waals surface area (Å²) in [4.78, 5) is 13.1. The van der Waals surface area contributed by atoms with Crippen molar-refractivity contribution in [2.24, 2.45) is 11.8 Å². The van der Waals surface area contributed by atoms with E-state index in [2.05, 4.69) is 18.7 Å². The van der Waals surface area contributed by atoms with Gasteiger partial charge in [0.1, 0.15) is 0 Å². The monoisotopic (exact) mass is 199 g/mol. The molecule has 3 heteroatoms. The smallest absolute Gasteiger partial charge is 0.306 e. The number of likely N-dealkylation sites (tertiary alicyclic amines) is 1. The zero-order valence-electron chi connectivity index (χ0n) is 9.36. The minimum absolute atomic E-state index is 0.180. The van der Waals surface area contributed by atoms with Crippen molar-refractivity contribution in [3.8, 4) is 0 Å². The fraction of sp³-hybridized carbons (Fsp3) is 0.909. The summed E-state index contributed by atoms with van der Waals surface area (Å²) in [6, 6.07) is 0.622. The van der Waals surface area contributed by atoms with E-state index >= 15 is 0 Å². The molecule has 0 radical (unpaired) electrons. The molecule has 1 fully saturated rings. The van der Waals surface area contributed by atoms with E-state index in [9.17, 15) is 4.79 Å². The molecule has 1 rings (SSSR count). The van der Waals surface area contributed by atoms with Crippen molar-refractivity contribution in [1.82, 2.24) is 4.90 Å². The second kappa shape index (κ2) is 4.78. The van der Waals surface area contributed by atoms with Gasteiger partial charge in [-0.1, -0.05) is 20.3 Å². The zero-order chi connectivity index (χ0) is 10.7. The fourth-order valence-electron chi connectivity index (χ4n) is 2.03. The average Bonchev–Trinajstić information content (AvgIpc) is 2.01. The van der Waals surface area contributed by atoms with E-state index in [1.165, 1.54) is 12.8 Å². The second-order valence-electron chi connectivity index (χ2n) is 4.48. The summed E-state index contributed by atoms with van der Waals surface area (Å²) in [7, 11) is 0. The van der Waals surface area contributed by atoms with Crippen LogP contribution < -0.4 is 0 Å². The molecule has 2 atom stereocenters. The largest absolute Gasteiger partial charge is 0.481 e. The predicted octanol–water partition coefficient (Wildman–Crippen LogP) is 1.83. The van der Waals surface area contributed by atoms with Gasteiger partial charge in [0.2, 0.25) is 0 Å². The summed E-state index contributed by atoms with van der Waals surface area (Å²) in [6.45, 7) is 8.16. The van der Waals surface area contributed by atoms with Crippen molar-refractivity contribution in [2.45, 2.75) is 39.7 Å². The third-order valence-corrected chi connectivity index (χ3v) is 3.36. The number of rotatable bonds is 5. The van der Waals surface area contributed by atoms with E-state index in [0.717, 1.165) is 13.1 Å². The molecule has 1 N–H and O–H groups in total. The molecule has 0 amide bonds. The Balaban J connectivity index is 2.26. The quantitative estimate of drug-likeness (QED) is 0.734. The summed E-state index contributed by atoms with van der Waals surface area (Å²) >= 11 is 0. The number of aliphatic carboxylic acids is 1. The lowest BCUT2D eigenvalue weighted by Gasteiger charge is -2.44. The Bertz CT molecular complexity index is 199. The highest BCUT2D eigenvalue weighted by Crippen LogP contribution is 2.26. The van der Waals surface area contributed by atoms with Gasteiger partial charge in [0.05, 0.1) is 5.92 Å². The van der Waals surface area contributed by atoms with Gasteiger partial charge < -0.3 is 5.11 Å². The number of carboxylic acids is 1. The van der Waals surface area contributed by atoms with E-state index in [4.69, 9.17) is 5.11 Å². The molecular formula is C11H21NO2. The molecular weight excluding hydrogens is 178 g/mol. The van der Waals surface area contributed by atoms with Gasteiger partial charge in [-0.05, 0) is 19.3 Å². The highest BCUT2D eigenvalue weighted by molar-refractivity contribution is 5.70. The number of hydrogen-bond acceptors (Lipinski definition) is 2. The maximum Gasteiger partial charge on any atom is 0.306 e. The van der Waals surface area contributed by atoms with Crippen LogP contribution in [-0.4, -0.2) is 35.1 Å². The Morgan fingerprint density at radius 1 is 1.50 bits per heavy atom. The van der Waals surface area contributed by atoms with Gasteiger partial charge in [-0.3, -0.25) is 9.69 Å². The minimum atomic E-state index is -0.655. The van der Waals surface area contributed by atoms with Crippen molar-refractivity contribution < 1.29 is 9.90 Å². The van der Waals surface area contributed by atoms with E-state index in [1.54, 1.807) is 0 Å². The van der Waals surface area contributed by atoms with Crippen molar-refractivity contribution in [1.29, 1.82) is 0 Å². The molecule has 3 nitrogen and oxygen atoms in total. The first kappa shape index (κ1) is 11.5. The van der Waals surface area contributed by atoms with Gasteiger partial charge in [-0.15, -0.1) is 0 Å². The van der Waals surface area contributed by atoms with Crippen molar-refractivity contribution >= 4 is 5.97 Å². The van der Waals surface area contributed by atoms with Crippen molar-refractivity contribution in [3.63, 3.8) is 0 Å². The molecule has 0 aliphatic carbocycles. The molecule has 0 saturated carbocycles. The predicted molar refractivity (Wildman–Crippen MR) is 56.2 cm³/mol. The van der Waals surface area contributed by atoms with Crippen LogP contribution >= 0.6 is 0 Å². The molecule has 1 aliphatic rings. The second-order valence-corrected chi connectivity index (χ2v) is 4.48. The van der Waals surface area contributed by atoms with Crippen molar-refractivity contribution in [2.75, 3.05) is 13.1 Å². The lowest BCUT2D eigenvalue weighted by atomic mass is 9.85. The Morgan fingerprint density at radius 2 is 2.07 bits per heavy atom. The molecule has 0 spiro atoms. The lowest BCUT2D eigenvalue weighted by molar-refractivity contribution is -0.146. The van der Waals surface area contributed by atoms with Crippen LogP contribution in [0.15, 0.2) is 0 Å². The highest BCUT2D eigenvalue weighted by Gasteiger charge is 2.36. The van der Waals surface area contributed by atoms with Gasteiger partial charge in [-0.2, -0.15) is 0 Å². The van der Waals surface area contributed by atoms with Gasteiger partial charge in [0.15, 0.2) is 0 Å². The molecule has 1 saturated heterocycles. The van der Waals surface area contributed by atoms with E-state index in [1.807, 2.05) is 6.92 Å². The highest BCUT2D eigenvalue weighted by atomic mass is 16.4. The maximum atomic E-state index is 10.7. The van der Waals surface area contributed by atoms with Crippen LogP contribution in [0.5, 0.6) is 0 Å². The molecule has 0 bridgehead atoms. The van der Waals surface area contributed by atoms with E-state index in [0.29, 0.717) is 12.0 Å². The third-order valence-electron chi connectivity index (χ3n) is 3.36. The van der Waals surface area contributed by atoms with Crippen LogP contribution in [-0.2, 0) is 4.79 Å². The standard InChI is InChI=1S/C11H21NO2/c1-4-5-8(2)12-6-10(7-12)9(3)11(13)14/h8-10H,4-7H2,1-3H3,(H,13,14). The molecule has 2 unspecified atom stereocenters. The van der Waals surface area contributed by atoms with Crippen LogP contribution in [0.2, 0.25) is 0 Å². The van der Waals surface area contributed by atoms with Crippen LogP contribution in [0.3, 0.4) is 0 Å². The van der Waals surface area contributed by atoms with Crippen LogP contribution in [0.1, 0.15) is 33.6 Å². The molecule has 14 heavy (non-hydrogen) atoms. The van der Waals surface area contributed by atoms with Gasteiger partial charge >= 0.3 is 5.97 Å². The summed E-state index contributed by atoms with van der Waals surface area (Å²) in [5.74, 6) is -0.468. The summed E-state index contributed by atoms with van der Waals surface area (Å²) in [5, 5.41) is 8.83. The topological polar surface area (TPSA) is 40.5 Å². The average molecular weight is 199 g/mol. The summed E-state index contributed by atoms with van der Waals surface area (Å²) in [5.41, 5.74) is 0. The molecule has 0 aromatic rings. The normalized spacial score (nSPS) is 22.8. The molecule has 0 aromatic carbocycles. The van der Waals surface area contributed by atoms with Crippen LogP contribution in [0.25, 0.3) is 0 Å². The minimum Gasteiger partial charge on any atom is -0.481 e. The van der Waals surface area contributed by atoms with Crippen LogP contribution in [0, 0.1) is 11.8 Å². The summed E-state index contributed by atoms with van der Waals surface area (Å²) in [6.07, 6.45) is 2.42. The molecule has 82 valence electrons. The number of nitrogens with zero attached hydrogens (tertiary/aromatic N) is 1. The summed E-state index contributed by atoms with van der Waals surface area (Å²) < 4.78 is 0. The van der Waals surface area contributed by atoms with Gasteiger partial charge in [-0.25, -0.2) is 0 Å². The van der Waals surface area contributed by atoms with E-state index < -0.39 is 5.97 Å². The molecule has 1 heterocycles. The molecule has 0 aromatic heterocycles. The number of hydrogen-bond donors (Lipinski definition) is 1. The Hall–Kier alpha value is -0.570. The Labute approximate surface area is 86.1 Å². The Kier molecular flexibility index (Phi) is 3.93. The molecule has 1 aliphatic heterocycles. The van der Waals surface area contributed by atoms with Crippen LogP contribution in [0.4, 0.5) is 0 Å². The SMILES string of the molecule is CCCC(C)N1CC(C(C)C(=O)O)C1. The first-order chi connectivity index (χ1) is 6.56. The number of carbonyl (C=O) groups is 1. The fourth-order valence-corrected chi connectivity index (χ4v) is 2.03. The first-order valence-electron chi connectivity index (χ1n) is 5.53. The Morgan fingerprint density at radius 3 is 2.50 bits per heavy atom. The zero-order valence-corrected chi connectivity index (χ0v) is 9.36. The third kappa shape index (κ3) is 2.47. The first-order valence-corrected chi connectivity index (χ1v) is 5.53. The van der Waals surface area contributed by atoms with Crippen molar-refractivity contribution in [3.05, 3.63) is 0 Å².